The van der Waals surface area contributed by atoms with E-state index < -0.39 is 0 Å². The summed E-state index contributed by atoms with van der Waals surface area (Å²) in [7, 11) is 0. The van der Waals surface area contributed by atoms with E-state index in [9.17, 15) is 4.79 Å². The van der Waals surface area contributed by atoms with Crippen molar-refractivity contribution < 1.29 is 0 Å². The third-order valence-electron chi connectivity index (χ3n) is 2.76. The van der Waals surface area contributed by atoms with Gasteiger partial charge in [-0.2, -0.15) is 0 Å². The Balaban J connectivity index is 2.45. The zero-order valence-electron chi connectivity index (χ0n) is 8.55. The normalized spacial score (nSPS) is 26.7. The maximum Gasteiger partial charge on any atom is 0.251 e. The summed E-state index contributed by atoms with van der Waals surface area (Å²) in [6, 6.07) is 1.52. The molecule has 0 unspecified atom stereocenters. The lowest BCUT2D eigenvalue weighted by Crippen LogP contribution is -2.37. The van der Waals surface area contributed by atoms with Gasteiger partial charge in [-0.05, 0) is 33.2 Å². The first-order valence-corrected chi connectivity index (χ1v) is 4.94. The molecular weight excluding hydrogens is 178 g/mol. The Morgan fingerprint density at radius 1 is 1.57 bits per heavy atom. The second kappa shape index (κ2) is 3.20. The van der Waals surface area contributed by atoms with Crippen LogP contribution in [0.4, 0.5) is 0 Å². The van der Waals surface area contributed by atoms with Gasteiger partial charge < -0.3 is 10.3 Å². The first-order valence-electron chi connectivity index (χ1n) is 4.94. The van der Waals surface area contributed by atoms with Crippen molar-refractivity contribution in [1.82, 2.24) is 15.3 Å². The monoisotopic (exact) mass is 193 g/mol. The Kier molecular flexibility index (Phi) is 2.15. The predicted molar refractivity (Wildman–Crippen MR) is 54.2 cm³/mol. The fraction of sp³-hybridized carbons (Fsp3) is 0.600. The van der Waals surface area contributed by atoms with Crippen LogP contribution in [-0.4, -0.2) is 16.5 Å². The van der Waals surface area contributed by atoms with Crippen LogP contribution in [0.2, 0.25) is 0 Å². The molecule has 76 valence electrons. The van der Waals surface area contributed by atoms with Crippen molar-refractivity contribution in [3.8, 4) is 0 Å². The second-order valence-electron chi connectivity index (χ2n) is 4.10. The van der Waals surface area contributed by atoms with E-state index in [2.05, 4.69) is 22.2 Å². The summed E-state index contributed by atoms with van der Waals surface area (Å²) in [5.74, 6) is 0.764. The topological polar surface area (TPSA) is 57.8 Å². The van der Waals surface area contributed by atoms with Gasteiger partial charge in [0.1, 0.15) is 5.82 Å². The van der Waals surface area contributed by atoms with Crippen LogP contribution >= 0.6 is 0 Å². The van der Waals surface area contributed by atoms with Crippen molar-refractivity contribution in [1.29, 1.82) is 0 Å². The number of aromatic amines is 1. The largest absolute Gasteiger partial charge is 0.309 e. The number of rotatable bonds is 1. The highest BCUT2D eigenvalue weighted by Crippen LogP contribution is 2.26. The van der Waals surface area contributed by atoms with Crippen LogP contribution in [0.1, 0.15) is 31.3 Å². The van der Waals surface area contributed by atoms with Crippen molar-refractivity contribution in [3.63, 3.8) is 0 Å². The molecule has 2 heterocycles. The van der Waals surface area contributed by atoms with Crippen molar-refractivity contribution >= 4 is 0 Å². The van der Waals surface area contributed by atoms with Gasteiger partial charge in [0.25, 0.3) is 5.56 Å². The van der Waals surface area contributed by atoms with Gasteiger partial charge in [-0.3, -0.25) is 4.79 Å². The van der Waals surface area contributed by atoms with Crippen LogP contribution in [-0.2, 0) is 5.54 Å². The van der Waals surface area contributed by atoms with Gasteiger partial charge in [0.2, 0.25) is 0 Å². The molecule has 0 saturated carbocycles. The lowest BCUT2D eigenvalue weighted by molar-refractivity contribution is 0.404. The zero-order valence-corrected chi connectivity index (χ0v) is 8.55. The van der Waals surface area contributed by atoms with E-state index in [0.29, 0.717) is 0 Å². The Morgan fingerprint density at radius 2 is 2.36 bits per heavy atom. The van der Waals surface area contributed by atoms with Crippen LogP contribution < -0.4 is 10.9 Å². The van der Waals surface area contributed by atoms with Gasteiger partial charge in [0.15, 0.2) is 0 Å². The van der Waals surface area contributed by atoms with Crippen molar-refractivity contribution in [2.75, 3.05) is 6.54 Å². The molecule has 0 amide bonds. The lowest BCUT2D eigenvalue weighted by Gasteiger charge is -2.22. The van der Waals surface area contributed by atoms with Crippen molar-refractivity contribution in [3.05, 3.63) is 27.9 Å². The molecule has 0 spiro atoms. The molecule has 0 aromatic carbocycles. The van der Waals surface area contributed by atoms with Crippen LogP contribution in [0.15, 0.2) is 10.9 Å². The molecule has 1 atom stereocenters. The average Bonchev–Trinajstić information content (AvgIpc) is 2.52. The van der Waals surface area contributed by atoms with E-state index in [1.54, 1.807) is 0 Å². The van der Waals surface area contributed by atoms with Crippen LogP contribution in [0.25, 0.3) is 0 Å². The third-order valence-corrected chi connectivity index (χ3v) is 2.76. The number of nitrogens with zero attached hydrogens (tertiary/aromatic N) is 1. The molecule has 0 radical (unpaired) electrons. The molecule has 1 fully saturated rings. The van der Waals surface area contributed by atoms with E-state index in [0.717, 1.165) is 30.9 Å². The Morgan fingerprint density at radius 3 is 2.93 bits per heavy atom. The third kappa shape index (κ3) is 1.57. The smallest absolute Gasteiger partial charge is 0.251 e. The van der Waals surface area contributed by atoms with Crippen LogP contribution in [0.5, 0.6) is 0 Å². The molecule has 2 rings (SSSR count). The minimum atomic E-state index is -0.148. The van der Waals surface area contributed by atoms with E-state index in [1.165, 1.54) is 6.07 Å². The van der Waals surface area contributed by atoms with E-state index in [1.807, 2.05) is 6.92 Å². The van der Waals surface area contributed by atoms with E-state index in [-0.39, 0.29) is 11.1 Å². The Hall–Kier alpha value is -1.16. The fourth-order valence-electron chi connectivity index (χ4n) is 1.94. The summed E-state index contributed by atoms with van der Waals surface area (Å²) in [5.41, 5.74) is 0.562. The summed E-state index contributed by atoms with van der Waals surface area (Å²) < 4.78 is 0. The van der Waals surface area contributed by atoms with Gasteiger partial charge >= 0.3 is 0 Å². The molecule has 1 saturated heterocycles. The highest BCUT2D eigenvalue weighted by Gasteiger charge is 2.32. The number of hydrogen-bond donors (Lipinski definition) is 2. The van der Waals surface area contributed by atoms with Gasteiger partial charge in [0, 0.05) is 11.8 Å². The SMILES string of the molecule is Cc1cc(=O)[nH]c([C@@]2(C)CCCN2)n1. The maximum absolute atomic E-state index is 11.3. The molecule has 0 aliphatic carbocycles. The standard InChI is InChI=1S/C10H15N3O/c1-7-6-8(14)13-9(12-7)10(2)4-3-5-11-10/h6,11H,3-5H2,1-2H3,(H,12,13,14)/t10-/m1/s1. The number of aryl methyl sites for hydroxylation is 1. The first-order chi connectivity index (χ1) is 6.60. The molecule has 1 aliphatic rings. The maximum atomic E-state index is 11.3. The van der Waals surface area contributed by atoms with Crippen LogP contribution in [0, 0.1) is 6.92 Å². The summed E-state index contributed by atoms with van der Waals surface area (Å²) in [4.78, 5) is 18.5. The summed E-state index contributed by atoms with van der Waals surface area (Å²) in [5, 5.41) is 3.37. The minimum Gasteiger partial charge on any atom is -0.309 e. The molecule has 4 heteroatoms. The van der Waals surface area contributed by atoms with Crippen LogP contribution in [0.3, 0.4) is 0 Å². The predicted octanol–water partition coefficient (Wildman–Crippen LogP) is 0.677. The van der Waals surface area contributed by atoms with E-state index >= 15 is 0 Å². The highest BCUT2D eigenvalue weighted by atomic mass is 16.1. The quantitative estimate of drug-likeness (QED) is 0.689. The summed E-state index contributed by atoms with van der Waals surface area (Å²) >= 11 is 0. The molecule has 1 aromatic rings. The molecule has 14 heavy (non-hydrogen) atoms. The molecular formula is C10H15N3O. The molecule has 4 nitrogen and oxygen atoms in total. The fourth-order valence-corrected chi connectivity index (χ4v) is 1.94. The van der Waals surface area contributed by atoms with Gasteiger partial charge in [-0.25, -0.2) is 4.98 Å². The summed E-state index contributed by atoms with van der Waals surface area (Å²) in [6.45, 7) is 4.92. The number of nitrogens with one attached hydrogen (secondary N) is 2. The van der Waals surface area contributed by atoms with Gasteiger partial charge in [-0.1, -0.05) is 0 Å². The average molecular weight is 193 g/mol. The number of hydrogen-bond acceptors (Lipinski definition) is 3. The number of H-pyrrole nitrogens is 1. The van der Waals surface area contributed by atoms with Crippen molar-refractivity contribution in [2.45, 2.75) is 32.2 Å². The Labute approximate surface area is 82.8 Å². The second-order valence-corrected chi connectivity index (χ2v) is 4.10. The van der Waals surface area contributed by atoms with Gasteiger partial charge in [0.05, 0.1) is 5.54 Å². The van der Waals surface area contributed by atoms with Gasteiger partial charge in [-0.15, -0.1) is 0 Å². The minimum absolute atomic E-state index is 0.0672. The highest BCUT2D eigenvalue weighted by molar-refractivity contribution is 5.10. The van der Waals surface area contributed by atoms with E-state index in [4.69, 9.17) is 0 Å². The molecule has 1 aliphatic heterocycles. The molecule has 0 bridgehead atoms. The summed E-state index contributed by atoms with van der Waals surface area (Å²) in [6.07, 6.45) is 2.16. The lowest BCUT2D eigenvalue weighted by atomic mass is 9.99. The molecule has 2 N–H and O–H groups in total. The van der Waals surface area contributed by atoms with Crippen molar-refractivity contribution in [2.24, 2.45) is 0 Å². The molecule has 1 aromatic heterocycles. The zero-order chi connectivity index (χ0) is 10.2. The first kappa shape index (κ1) is 9.40. The Bertz CT molecular complexity index is 391. The number of aromatic nitrogens is 2.